The molecule has 5 rings (SSSR count). The number of hydrogen-bond donors (Lipinski definition) is 0. The van der Waals surface area contributed by atoms with E-state index in [-0.39, 0.29) is 5.56 Å². The van der Waals surface area contributed by atoms with Gasteiger partial charge < -0.3 is 14.0 Å². The molecule has 0 saturated carbocycles. The van der Waals surface area contributed by atoms with Gasteiger partial charge in [-0.1, -0.05) is 34.6 Å². The second-order valence-electron chi connectivity index (χ2n) is 7.41. The molecule has 5 aromatic rings. The van der Waals surface area contributed by atoms with Crippen LogP contribution < -0.4 is 15.0 Å². The number of nitrogens with zero attached hydrogens (tertiary/aromatic N) is 4. The molecule has 2 aromatic carbocycles. The quantitative estimate of drug-likeness (QED) is 0.228. The molecule has 0 amide bonds. The molecule has 0 atom stereocenters. The molecule has 10 heteroatoms. The normalized spacial score (nSPS) is 11.1. The number of ether oxygens (including phenoxy) is 2. The van der Waals surface area contributed by atoms with Gasteiger partial charge in [0.05, 0.1) is 31.2 Å². The SMILES string of the molecule is COc1cc(OC)cc(-c2noc(CSc3nc4ccsc4c(=O)n3-c3ccc(C)cc3)n2)c1. The number of benzene rings is 2. The molecule has 0 spiro atoms. The van der Waals surface area contributed by atoms with Crippen molar-refractivity contribution < 1.29 is 14.0 Å². The highest BCUT2D eigenvalue weighted by Gasteiger charge is 2.17. The van der Waals surface area contributed by atoms with Gasteiger partial charge in [-0.15, -0.1) is 11.3 Å². The Kier molecular flexibility index (Phi) is 6.08. The second kappa shape index (κ2) is 9.32. The fourth-order valence-corrected chi connectivity index (χ4v) is 5.01. The van der Waals surface area contributed by atoms with Crippen molar-refractivity contribution in [1.82, 2.24) is 19.7 Å². The maximum absolute atomic E-state index is 13.3. The predicted octanol–water partition coefficient (Wildman–Crippen LogP) is 5.12. The van der Waals surface area contributed by atoms with Gasteiger partial charge in [-0.25, -0.2) is 4.98 Å². The molecule has 0 fully saturated rings. The Balaban J connectivity index is 1.46. The van der Waals surface area contributed by atoms with Crippen molar-refractivity contribution in [3.63, 3.8) is 0 Å². The minimum Gasteiger partial charge on any atom is -0.497 e. The van der Waals surface area contributed by atoms with Crippen LogP contribution in [-0.2, 0) is 5.75 Å². The lowest BCUT2D eigenvalue weighted by molar-refractivity contribution is 0.390. The third-order valence-corrected chi connectivity index (χ3v) is 6.96. The highest BCUT2D eigenvalue weighted by molar-refractivity contribution is 7.98. The van der Waals surface area contributed by atoms with E-state index in [0.29, 0.717) is 49.9 Å². The van der Waals surface area contributed by atoms with Crippen LogP contribution in [0, 0.1) is 6.92 Å². The van der Waals surface area contributed by atoms with Gasteiger partial charge in [0.1, 0.15) is 16.2 Å². The fourth-order valence-electron chi connectivity index (χ4n) is 3.40. The smallest absolute Gasteiger partial charge is 0.276 e. The van der Waals surface area contributed by atoms with Crippen molar-refractivity contribution in [3.8, 4) is 28.6 Å². The van der Waals surface area contributed by atoms with E-state index in [2.05, 4.69) is 10.1 Å². The molecule has 0 unspecified atom stereocenters. The highest BCUT2D eigenvalue weighted by Crippen LogP contribution is 2.30. The molecule has 0 N–H and O–H groups in total. The second-order valence-corrected chi connectivity index (χ2v) is 9.27. The van der Waals surface area contributed by atoms with Crippen LogP contribution in [0.3, 0.4) is 0 Å². The number of thiophene rings is 1. The number of methoxy groups -OCH3 is 2. The Labute approximate surface area is 203 Å². The molecular formula is C24H20N4O4S2. The van der Waals surface area contributed by atoms with E-state index in [4.69, 9.17) is 19.0 Å². The largest absolute Gasteiger partial charge is 0.497 e. The number of rotatable bonds is 7. The van der Waals surface area contributed by atoms with Gasteiger partial charge in [-0.3, -0.25) is 9.36 Å². The summed E-state index contributed by atoms with van der Waals surface area (Å²) in [5.74, 6) is 2.44. The van der Waals surface area contributed by atoms with Gasteiger partial charge in [0, 0.05) is 11.6 Å². The zero-order valence-corrected chi connectivity index (χ0v) is 20.3. The average molecular weight is 493 g/mol. The maximum Gasteiger partial charge on any atom is 0.276 e. The Morgan fingerprint density at radius 1 is 1.03 bits per heavy atom. The number of aromatic nitrogens is 4. The van der Waals surface area contributed by atoms with Gasteiger partial charge in [0.25, 0.3) is 5.56 Å². The van der Waals surface area contributed by atoms with Crippen molar-refractivity contribution >= 4 is 33.3 Å². The first-order valence-corrected chi connectivity index (χ1v) is 12.2. The van der Waals surface area contributed by atoms with Gasteiger partial charge in [0.2, 0.25) is 11.7 Å². The third kappa shape index (κ3) is 4.29. The van der Waals surface area contributed by atoms with Crippen LogP contribution in [0.5, 0.6) is 11.5 Å². The predicted molar refractivity (Wildman–Crippen MR) is 132 cm³/mol. The van der Waals surface area contributed by atoms with Crippen LogP contribution in [0.4, 0.5) is 0 Å². The lowest BCUT2D eigenvalue weighted by Crippen LogP contribution is -2.20. The Morgan fingerprint density at radius 3 is 2.47 bits per heavy atom. The summed E-state index contributed by atoms with van der Waals surface area (Å²) < 4.78 is 18.4. The molecule has 0 aliphatic heterocycles. The van der Waals surface area contributed by atoms with Crippen LogP contribution >= 0.6 is 23.1 Å². The number of aryl methyl sites for hydroxylation is 1. The number of fused-ring (bicyclic) bond motifs is 1. The van der Waals surface area contributed by atoms with Gasteiger partial charge >= 0.3 is 0 Å². The molecule has 3 heterocycles. The monoisotopic (exact) mass is 492 g/mol. The van der Waals surface area contributed by atoms with Crippen LogP contribution in [0.15, 0.2) is 68.4 Å². The van der Waals surface area contributed by atoms with E-state index in [1.165, 1.54) is 23.1 Å². The first-order chi connectivity index (χ1) is 16.6. The molecule has 0 saturated heterocycles. The Hall–Kier alpha value is -3.63. The molecule has 172 valence electrons. The summed E-state index contributed by atoms with van der Waals surface area (Å²) in [5, 5.41) is 6.53. The minimum absolute atomic E-state index is 0.0963. The molecular weight excluding hydrogens is 472 g/mol. The lowest BCUT2D eigenvalue weighted by Gasteiger charge is -2.11. The summed E-state index contributed by atoms with van der Waals surface area (Å²) in [4.78, 5) is 22.5. The summed E-state index contributed by atoms with van der Waals surface area (Å²) in [6.07, 6.45) is 0. The zero-order valence-electron chi connectivity index (χ0n) is 18.6. The third-order valence-electron chi connectivity index (χ3n) is 5.14. The van der Waals surface area contributed by atoms with E-state index in [0.717, 1.165) is 11.3 Å². The molecule has 0 radical (unpaired) electrons. The zero-order chi connectivity index (χ0) is 23.7. The average Bonchev–Trinajstić information content (AvgIpc) is 3.53. The first-order valence-electron chi connectivity index (χ1n) is 10.3. The summed E-state index contributed by atoms with van der Waals surface area (Å²) in [5.41, 5.74) is 3.17. The van der Waals surface area contributed by atoms with Crippen LogP contribution in [-0.4, -0.2) is 33.9 Å². The topological polar surface area (TPSA) is 92.3 Å². The molecule has 34 heavy (non-hydrogen) atoms. The van der Waals surface area contributed by atoms with Crippen molar-refractivity contribution in [2.45, 2.75) is 17.8 Å². The van der Waals surface area contributed by atoms with Gasteiger partial charge in [-0.2, -0.15) is 4.98 Å². The van der Waals surface area contributed by atoms with Crippen molar-refractivity contribution in [2.75, 3.05) is 14.2 Å². The van der Waals surface area contributed by atoms with Crippen molar-refractivity contribution in [3.05, 3.63) is 75.7 Å². The summed E-state index contributed by atoms with van der Waals surface area (Å²) >= 11 is 2.76. The van der Waals surface area contributed by atoms with Crippen LogP contribution in [0.25, 0.3) is 27.3 Å². The van der Waals surface area contributed by atoms with Gasteiger partial charge in [0.15, 0.2) is 5.16 Å². The van der Waals surface area contributed by atoms with Gasteiger partial charge in [-0.05, 0) is 42.6 Å². The van der Waals surface area contributed by atoms with E-state index in [1.54, 1.807) is 24.9 Å². The van der Waals surface area contributed by atoms with Crippen molar-refractivity contribution in [1.29, 1.82) is 0 Å². The van der Waals surface area contributed by atoms with Crippen molar-refractivity contribution in [2.24, 2.45) is 0 Å². The molecule has 8 nitrogen and oxygen atoms in total. The lowest BCUT2D eigenvalue weighted by atomic mass is 10.2. The van der Waals surface area contributed by atoms with E-state index in [9.17, 15) is 4.79 Å². The number of thioether (sulfide) groups is 1. The Morgan fingerprint density at radius 2 is 1.76 bits per heavy atom. The standard InChI is InChI=1S/C24H20N4O4S2/c1-14-4-6-16(7-5-14)28-23(29)21-19(8-9-33-21)25-24(28)34-13-20-26-22(27-32-20)15-10-17(30-2)12-18(11-15)31-3/h4-12H,13H2,1-3H3. The molecule has 0 bridgehead atoms. The summed E-state index contributed by atoms with van der Waals surface area (Å²) in [6.45, 7) is 2.01. The molecule has 3 aromatic heterocycles. The minimum atomic E-state index is -0.0963. The molecule has 0 aliphatic rings. The van der Waals surface area contributed by atoms with Crippen LogP contribution in [0.1, 0.15) is 11.5 Å². The molecule has 0 aliphatic carbocycles. The van der Waals surface area contributed by atoms with E-state index >= 15 is 0 Å². The van der Waals surface area contributed by atoms with Crippen LogP contribution in [0.2, 0.25) is 0 Å². The van der Waals surface area contributed by atoms with E-state index in [1.807, 2.05) is 54.8 Å². The summed E-state index contributed by atoms with van der Waals surface area (Å²) in [7, 11) is 3.17. The first kappa shape index (κ1) is 22.2. The Bertz CT molecular complexity index is 1500. The number of hydrogen-bond acceptors (Lipinski definition) is 9. The maximum atomic E-state index is 13.3. The van der Waals surface area contributed by atoms with E-state index < -0.39 is 0 Å². The summed E-state index contributed by atoms with van der Waals surface area (Å²) in [6, 6.07) is 15.0. The highest BCUT2D eigenvalue weighted by atomic mass is 32.2. The fraction of sp³-hybridized carbons (Fsp3) is 0.167.